The van der Waals surface area contributed by atoms with Crippen molar-refractivity contribution in [3.8, 4) is 0 Å². The molecule has 10 heteroatoms. The largest absolute Gasteiger partial charge is 0.445 e. The monoisotopic (exact) mass is 281 g/mol. The average Bonchev–Trinajstić information content (AvgIpc) is 2.77. The van der Waals surface area contributed by atoms with Crippen LogP contribution in [0.5, 0.6) is 0 Å². The molecule has 2 heterocycles. The number of primary amides is 1. The zero-order valence-electron chi connectivity index (χ0n) is 9.07. The molecule has 1 unspecified atom stereocenters. The van der Waals surface area contributed by atoms with Crippen molar-refractivity contribution in [3.05, 3.63) is 5.01 Å². The highest BCUT2D eigenvalue weighted by atomic mass is 32.1. The number of alkyl halides is 3. The number of nitrogens with one attached hydrogen (secondary N) is 1. The molecule has 1 atom stereocenters. The maximum Gasteiger partial charge on any atom is 0.445 e. The van der Waals surface area contributed by atoms with E-state index in [1.165, 1.54) is 4.90 Å². The van der Waals surface area contributed by atoms with E-state index < -0.39 is 23.1 Å². The first-order valence-electron chi connectivity index (χ1n) is 5.07. The van der Waals surface area contributed by atoms with Gasteiger partial charge in [0.1, 0.15) is 6.04 Å². The Labute approximate surface area is 104 Å². The first-order valence-corrected chi connectivity index (χ1v) is 5.88. The Kier molecular flexibility index (Phi) is 3.39. The fourth-order valence-corrected chi connectivity index (χ4v) is 2.42. The zero-order chi connectivity index (χ0) is 13.3. The van der Waals surface area contributed by atoms with Gasteiger partial charge in [0.05, 0.1) is 0 Å². The third-order valence-corrected chi connectivity index (χ3v) is 3.48. The molecular weight excluding hydrogens is 271 g/mol. The highest BCUT2D eigenvalue weighted by molar-refractivity contribution is 7.15. The fourth-order valence-electron chi connectivity index (χ4n) is 1.63. The van der Waals surface area contributed by atoms with Crippen molar-refractivity contribution in [1.29, 1.82) is 0 Å². The summed E-state index contributed by atoms with van der Waals surface area (Å²) < 4.78 is 37.2. The van der Waals surface area contributed by atoms with Crippen LogP contribution in [0.4, 0.5) is 18.3 Å². The number of anilines is 1. The number of hydrogen-bond donors (Lipinski definition) is 2. The topological polar surface area (TPSA) is 84.1 Å². The van der Waals surface area contributed by atoms with E-state index in [-0.39, 0.29) is 11.7 Å². The van der Waals surface area contributed by atoms with Crippen LogP contribution in [-0.2, 0) is 11.0 Å². The number of carbonyl (C=O) groups excluding carboxylic acids is 1. The van der Waals surface area contributed by atoms with Gasteiger partial charge in [0, 0.05) is 19.6 Å². The van der Waals surface area contributed by atoms with Gasteiger partial charge in [0.2, 0.25) is 16.0 Å². The van der Waals surface area contributed by atoms with Gasteiger partial charge in [0.15, 0.2) is 0 Å². The molecular formula is C8H10F3N5OS. The van der Waals surface area contributed by atoms with Crippen molar-refractivity contribution in [2.45, 2.75) is 12.2 Å². The Balaban J connectivity index is 2.24. The lowest BCUT2D eigenvalue weighted by Gasteiger charge is -2.33. The summed E-state index contributed by atoms with van der Waals surface area (Å²) in [5.74, 6) is -0.606. The third kappa shape index (κ3) is 2.53. The molecule has 100 valence electrons. The summed E-state index contributed by atoms with van der Waals surface area (Å²) in [6.07, 6.45) is -4.52. The lowest BCUT2D eigenvalue weighted by Crippen LogP contribution is -2.57. The van der Waals surface area contributed by atoms with Gasteiger partial charge in [0.25, 0.3) is 0 Å². The summed E-state index contributed by atoms with van der Waals surface area (Å²) >= 11 is 0.411. The van der Waals surface area contributed by atoms with E-state index in [1.807, 2.05) is 0 Å². The summed E-state index contributed by atoms with van der Waals surface area (Å²) in [5, 5.41) is 8.54. The molecule has 1 aliphatic rings. The van der Waals surface area contributed by atoms with Crippen molar-refractivity contribution in [2.24, 2.45) is 5.73 Å². The number of nitrogens with two attached hydrogens (primary N) is 1. The Morgan fingerprint density at radius 2 is 2.22 bits per heavy atom. The molecule has 2 rings (SSSR count). The number of piperazine rings is 1. The SMILES string of the molecule is NC(=O)C1CNCCN1c1nnc(C(F)(F)F)s1. The number of rotatable bonds is 2. The smallest absolute Gasteiger partial charge is 0.368 e. The first kappa shape index (κ1) is 13.0. The molecule has 0 saturated carbocycles. The second kappa shape index (κ2) is 4.69. The van der Waals surface area contributed by atoms with E-state index >= 15 is 0 Å². The van der Waals surface area contributed by atoms with E-state index in [9.17, 15) is 18.0 Å². The minimum absolute atomic E-state index is 0.0626. The van der Waals surface area contributed by atoms with E-state index in [4.69, 9.17) is 5.73 Å². The highest BCUT2D eigenvalue weighted by Crippen LogP contribution is 2.34. The fraction of sp³-hybridized carbons (Fsp3) is 0.625. The molecule has 1 amide bonds. The Morgan fingerprint density at radius 1 is 1.50 bits per heavy atom. The molecule has 6 nitrogen and oxygen atoms in total. The number of amides is 1. The standard InChI is InChI=1S/C8H10F3N5OS/c9-8(10,11)6-14-15-7(18-6)16-2-1-13-3-4(16)5(12)17/h4,13H,1-3H2,(H2,12,17). The molecule has 1 aliphatic heterocycles. The van der Waals surface area contributed by atoms with Crippen LogP contribution in [0.1, 0.15) is 5.01 Å². The molecule has 0 spiro atoms. The predicted octanol–water partition coefficient (Wildman–Crippen LogP) is -0.180. The number of aromatic nitrogens is 2. The van der Waals surface area contributed by atoms with Crippen molar-refractivity contribution < 1.29 is 18.0 Å². The van der Waals surface area contributed by atoms with Crippen molar-refractivity contribution in [2.75, 3.05) is 24.5 Å². The van der Waals surface area contributed by atoms with Gasteiger partial charge < -0.3 is 16.0 Å². The van der Waals surface area contributed by atoms with Crippen LogP contribution in [0.3, 0.4) is 0 Å². The second-order valence-corrected chi connectivity index (χ2v) is 4.66. The van der Waals surface area contributed by atoms with Gasteiger partial charge in [-0.3, -0.25) is 4.79 Å². The van der Waals surface area contributed by atoms with Crippen LogP contribution in [0, 0.1) is 0 Å². The second-order valence-electron chi connectivity index (χ2n) is 3.70. The van der Waals surface area contributed by atoms with Crippen molar-refractivity contribution in [1.82, 2.24) is 15.5 Å². The van der Waals surface area contributed by atoms with E-state index in [0.717, 1.165) is 0 Å². The normalized spacial score (nSPS) is 21.1. The van der Waals surface area contributed by atoms with E-state index in [1.54, 1.807) is 0 Å². The summed E-state index contributed by atoms with van der Waals surface area (Å²) in [6.45, 7) is 1.20. The van der Waals surface area contributed by atoms with Gasteiger partial charge in [-0.1, -0.05) is 11.3 Å². The van der Waals surface area contributed by atoms with Gasteiger partial charge >= 0.3 is 6.18 Å². The molecule has 1 aromatic heterocycles. The van der Waals surface area contributed by atoms with Crippen molar-refractivity contribution >= 4 is 22.4 Å². The molecule has 3 N–H and O–H groups in total. The third-order valence-electron chi connectivity index (χ3n) is 2.47. The zero-order valence-corrected chi connectivity index (χ0v) is 9.88. The molecule has 0 aliphatic carbocycles. The maximum atomic E-state index is 12.4. The molecule has 1 fully saturated rings. The summed E-state index contributed by atoms with van der Waals surface area (Å²) in [6, 6.07) is -0.701. The van der Waals surface area contributed by atoms with Gasteiger partial charge in [-0.05, 0) is 0 Å². The molecule has 1 saturated heterocycles. The number of halogens is 3. The van der Waals surface area contributed by atoms with E-state index in [2.05, 4.69) is 15.5 Å². The lowest BCUT2D eigenvalue weighted by atomic mass is 10.2. The number of carbonyl (C=O) groups is 1. The van der Waals surface area contributed by atoms with Gasteiger partial charge in [-0.15, -0.1) is 10.2 Å². The predicted molar refractivity (Wildman–Crippen MR) is 58.1 cm³/mol. The Morgan fingerprint density at radius 3 is 2.78 bits per heavy atom. The van der Waals surface area contributed by atoms with Gasteiger partial charge in [-0.2, -0.15) is 13.2 Å². The number of nitrogens with zero attached hydrogens (tertiary/aromatic N) is 3. The van der Waals surface area contributed by atoms with Crippen LogP contribution >= 0.6 is 11.3 Å². The maximum absolute atomic E-state index is 12.4. The summed E-state index contributed by atoms with van der Waals surface area (Å²) in [4.78, 5) is 12.7. The molecule has 0 aromatic carbocycles. The molecule has 18 heavy (non-hydrogen) atoms. The Hall–Kier alpha value is -1.42. The minimum atomic E-state index is -4.52. The molecule has 0 bridgehead atoms. The van der Waals surface area contributed by atoms with Crippen molar-refractivity contribution in [3.63, 3.8) is 0 Å². The Bertz CT molecular complexity index is 448. The molecule has 0 radical (unpaired) electrons. The van der Waals surface area contributed by atoms with E-state index in [0.29, 0.717) is 24.4 Å². The highest BCUT2D eigenvalue weighted by Gasteiger charge is 2.37. The first-order chi connectivity index (χ1) is 8.39. The van der Waals surface area contributed by atoms with Crippen LogP contribution in [0.15, 0.2) is 0 Å². The summed E-state index contributed by atoms with van der Waals surface area (Å²) in [7, 11) is 0. The van der Waals surface area contributed by atoms with Gasteiger partial charge in [-0.25, -0.2) is 0 Å². The van der Waals surface area contributed by atoms with Crippen LogP contribution in [0.2, 0.25) is 0 Å². The average molecular weight is 281 g/mol. The van der Waals surface area contributed by atoms with Crippen LogP contribution in [-0.4, -0.2) is 41.8 Å². The number of hydrogen-bond acceptors (Lipinski definition) is 6. The van der Waals surface area contributed by atoms with Crippen LogP contribution < -0.4 is 16.0 Å². The molecule has 1 aromatic rings. The summed E-state index contributed by atoms with van der Waals surface area (Å²) in [5.41, 5.74) is 5.20. The lowest BCUT2D eigenvalue weighted by molar-refractivity contribution is -0.138. The minimum Gasteiger partial charge on any atom is -0.368 e. The quantitative estimate of drug-likeness (QED) is 0.785. The van der Waals surface area contributed by atoms with Crippen LogP contribution in [0.25, 0.3) is 0 Å².